The second-order valence-corrected chi connectivity index (χ2v) is 14.9. The van der Waals surface area contributed by atoms with Crippen LogP contribution >= 0.6 is 0 Å². The number of carbonyl (C=O) groups excluding carboxylic acids is 1. The Morgan fingerprint density at radius 1 is 0.808 bits per heavy atom. The maximum atomic E-state index is 13.3. The fourth-order valence-corrected chi connectivity index (χ4v) is 7.87. The van der Waals surface area contributed by atoms with Gasteiger partial charge < -0.3 is 34.2 Å². The Morgan fingerprint density at radius 2 is 1.48 bits per heavy atom. The highest BCUT2D eigenvalue weighted by Crippen LogP contribution is 2.37. The summed E-state index contributed by atoms with van der Waals surface area (Å²) >= 11 is 0. The molecule has 0 radical (unpaired) electrons. The third kappa shape index (κ3) is 12.3. The number of nitrogens with zero attached hydrogens (tertiary/aromatic N) is 2. The first kappa shape index (κ1) is 39.1. The lowest BCUT2D eigenvalue weighted by atomic mass is 9.74. The lowest BCUT2D eigenvalue weighted by Crippen LogP contribution is -2.52. The number of carboxylic acid groups (broad SMARTS) is 1. The molecule has 3 aromatic rings. The molecule has 3 aliphatic rings. The highest BCUT2D eigenvalue weighted by atomic mass is 16.7. The number of amides is 1. The minimum atomic E-state index is -0.987. The van der Waals surface area contributed by atoms with Crippen molar-refractivity contribution < 1.29 is 34.0 Å². The monoisotopic (exact) mass is 714 g/mol. The molecule has 3 aromatic carbocycles. The van der Waals surface area contributed by atoms with Crippen molar-refractivity contribution in [3.05, 3.63) is 95.6 Å². The summed E-state index contributed by atoms with van der Waals surface area (Å²) in [5, 5.41) is 20.6. The Labute approximate surface area is 309 Å². The first-order valence-electron chi connectivity index (χ1n) is 19.4. The first-order valence-corrected chi connectivity index (χ1v) is 19.4. The SMILES string of the molecule is CC1(O)CN(C(=O)OCc2ccccc2)CCCN(CCCCc2ccc3c(c2)OCO3)CC1C1CCCCCCCC1.O=C(O)c1ccccc1. The summed E-state index contributed by atoms with van der Waals surface area (Å²) < 4.78 is 16.8. The fraction of sp³-hybridized carbons (Fsp3) is 0.535. The minimum Gasteiger partial charge on any atom is -0.478 e. The summed E-state index contributed by atoms with van der Waals surface area (Å²) in [5.74, 6) is 1.38. The number of unbranched alkanes of at least 4 members (excludes halogenated alkanes) is 1. The number of aliphatic hydroxyl groups is 1. The van der Waals surface area contributed by atoms with E-state index < -0.39 is 11.6 Å². The molecule has 1 saturated carbocycles. The Morgan fingerprint density at radius 3 is 2.17 bits per heavy atom. The van der Waals surface area contributed by atoms with Crippen molar-refractivity contribution in [2.24, 2.45) is 11.8 Å². The predicted octanol–water partition coefficient (Wildman–Crippen LogP) is 8.59. The molecule has 2 unspecified atom stereocenters. The molecule has 1 amide bonds. The van der Waals surface area contributed by atoms with E-state index >= 15 is 0 Å². The van der Waals surface area contributed by atoms with E-state index in [-0.39, 0.29) is 18.6 Å². The van der Waals surface area contributed by atoms with Crippen molar-refractivity contribution in [3.8, 4) is 11.5 Å². The standard InChI is InChI=1S/C36H52N2O5.C7H6O2/c1-36(40)27-38(35(39)41-26-30-15-7-6-8-16-30)23-13-22-37(25-32(36)31-17-9-4-2-3-5-10-18-31)21-12-11-14-29-19-20-33-34(24-29)43-28-42-33;8-7(9)6-4-2-1-3-5-6/h6-8,15-16,19-20,24,31-32,40H,2-5,9-14,17-18,21-23,25-28H2,1H3;1-5H,(H,8,9). The number of hydrogen-bond acceptors (Lipinski definition) is 7. The number of fused-ring (bicyclic) bond motifs is 1. The molecule has 1 aliphatic carbocycles. The van der Waals surface area contributed by atoms with Crippen LogP contribution in [-0.4, -0.2) is 77.2 Å². The van der Waals surface area contributed by atoms with Gasteiger partial charge in [0.1, 0.15) is 6.61 Å². The van der Waals surface area contributed by atoms with E-state index in [0.29, 0.717) is 31.4 Å². The molecule has 0 bridgehead atoms. The van der Waals surface area contributed by atoms with Gasteiger partial charge in [0.15, 0.2) is 11.5 Å². The van der Waals surface area contributed by atoms with Gasteiger partial charge in [0, 0.05) is 19.0 Å². The topological polar surface area (TPSA) is 109 Å². The molecule has 2 fully saturated rings. The van der Waals surface area contributed by atoms with E-state index in [0.717, 1.165) is 75.2 Å². The summed E-state index contributed by atoms with van der Waals surface area (Å²) in [7, 11) is 0. The molecule has 2 aliphatic heterocycles. The molecule has 282 valence electrons. The number of aromatic carboxylic acids is 1. The first-order chi connectivity index (χ1) is 25.3. The zero-order chi connectivity index (χ0) is 36.6. The van der Waals surface area contributed by atoms with Crippen molar-refractivity contribution in [2.45, 2.75) is 96.2 Å². The molecular formula is C43H58N2O7. The maximum absolute atomic E-state index is 13.3. The van der Waals surface area contributed by atoms with E-state index in [2.05, 4.69) is 17.0 Å². The summed E-state index contributed by atoms with van der Waals surface area (Å²) in [6.07, 6.45) is 13.8. The lowest BCUT2D eigenvalue weighted by molar-refractivity contribution is -0.0597. The number of carboxylic acids is 1. The van der Waals surface area contributed by atoms with Gasteiger partial charge in [-0.1, -0.05) is 106 Å². The molecule has 52 heavy (non-hydrogen) atoms. The van der Waals surface area contributed by atoms with E-state index in [9.17, 15) is 14.7 Å². The Hall–Kier alpha value is -4.08. The molecule has 6 rings (SSSR count). The average Bonchev–Trinajstić information content (AvgIpc) is 3.69. The second-order valence-electron chi connectivity index (χ2n) is 14.9. The van der Waals surface area contributed by atoms with Crippen LogP contribution in [0, 0.1) is 11.8 Å². The van der Waals surface area contributed by atoms with Gasteiger partial charge in [-0.15, -0.1) is 0 Å². The number of carbonyl (C=O) groups is 2. The molecule has 9 nitrogen and oxygen atoms in total. The zero-order valence-electron chi connectivity index (χ0n) is 30.9. The van der Waals surface area contributed by atoms with E-state index in [1.165, 1.54) is 44.1 Å². The van der Waals surface area contributed by atoms with Crippen LogP contribution in [0.2, 0.25) is 0 Å². The van der Waals surface area contributed by atoms with Gasteiger partial charge in [-0.3, -0.25) is 0 Å². The Kier molecular flexibility index (Phi) is 15.2. The van der Waals surface area contributed by atoms with Crippen LogP contribution in [0.5, 0.6) is 11.5 Å². The summed E-state index contributed by atoms with van der Waals surface area (Å²) in [5.41, 5.74) is 1.60. The van der Waals surface area contributed by atoms with Gasteiger partial charge in [0.05, 0.1) is 17.7 Å². The number of ether oxygens (including phenoxy) is 3. The third-order valence-corrected chi connectivity index (χ3v) is 10.7. The highest BCUT2D eigenvalue weighted by molar-refractivity contribution is 5.87. The van der Waals surface area contributed by atoms with Crippen LogP contribution in [0.25, 0.3) is 0 Å². The van der Waals surface area contributed by atoms with Crippen LogP contribution in [0.3, 0.4) is 0 Å². The van der Waals surface area contributed by atoms with Gasteiger partial charge >= 0.3 is 12.1 Å². The predicted molar refractivity (Wildman–Crippen MR) is 203 cm³/mol. The number of aryl methyl sites for hydroxylation is 1. The molecule has 1 saturated heterocycles. The van der Waals surface area contributed by atoms with Crippen molar-refractivity contribution in [1.82, 2.24) is 9.80 Å². The second kappa shape index (κ2) is 20.2. The van der Waals surface area contributed by atoms with Gasteiger partial charge in [-0.25, -0.2) is 9.59 Å². The summed E-state index contributed by atoms with van der Waals surface area (Å²) in [4.78, 5) is 27.9. The molecule has 2 heterocycles. The van der Waals surface area contributed by atoms with Crippen molar-refractivity contribution in [2.75, 3.05) is 39.5 Å². The molecule has 0 spiro atoms. The van der Waals surface area contributed by atoms with Crippen LogP contribution in [0.15, 0.2) is 78.9 Å². The van der Waals surface area contributed by atoms with Crippen LogP contribution in [-0.2, 0) is 17.8 Å². The van der Waals surface area contributed by atoms with Crippen molar-refractivity contribution in [3.63, 3.8) is 0 Å². The van der Waals surface area contributed by atoms with E-state index in [1.54, 1.807) is 35.2 Å². The summed E-state index contributed by atoms with van der Waals surface area (Å²) in [6, 6.07) is 24.4. The average molecular weight is 715 g/mol. The molecule has 2 N–H and O–H groups in total. The maximum Gasteiger partial charge on any atom is 0.410 e. The van der Waals surface area contributed by atoms with Gasteiger partial charge in [-0.2, -0.15) is 0 Å². The fourth-order valence-electron chi connectivity index (χ4n) is 7.87. The quantitative estimate of drug-likeness (QED) is 0.212. The highest BCUT2D eigenvalue weighted by Gasteiger charge is 2.41. The van der Waals surface area contributed by atoms with Gasteiger partial charge in [0.25, 0.3) is 0 Å². The number of benzene rings is 3. The van der Waals surface area contributed by atoms with Gasteiger partial charge in [-0.05, 0) is 87.0 Å². The smallest absolute Gasteiger partial charge is 0.410 e. The van der Waals surface area contributed by atoms with Crippen molar-refractivity contribution >= 4 is 12.1 Å². The largest absolute Gasteiger partial charge is 0.478 e. The van der Waals surface area contributed by atoms with E-state index in [4.69, 9.17) is 19.3 Å². The van der Waals surface area contributed by atoms with Crippen LogP contribution in [0.1, 0.15) is 99.0 Å². The summed E-state index contributed by atoms with van der Waals surface area (Å²) in [6.45, 7) is 6.25. The molecular weight excluding hydrogens is 656 g/mol. The normalized spacial score (nSPS) is 21.6. The van der Waals surface area contributed by atoms with Gasteiger partial charge in [0.2, 0.25) is 6.79 Å². The van der Waals surface area contributed by atoms with Crippen LogP contribution in [0.4, 0.5) is 4.79 Å². The number of β-amino-alcohol motifs (C(OH)–C–C–N with tert-alkyl or cyclic N) is 1. The Balaban J connectivity index is 0.000000507. The Bertz CT molecular complexity index is 1510. The number of rotatable bonds is 9. The lowest BCUT2D eigenvalue weighted by Gasteiger charge is -2.42. The van der Waals surface area contributed by atoms with Crippen molar-refractivity contribution in [1.29, 1.82) is 0 Å². The van der Waals surface area contributed by atoms with E-state index in [1.807, 2.05) is 43.3 Å². The minimum absolute atomic E-state index is 0.113. The molecule has 2 atom stereocenters. The molecule has 9 heteroatoms. The molecule has 0 aromatic heterocycles. The van der Waals surface area contributed by atoms with Crippen LogP contribution < -0.4 is 9.47 Å². The number of hydrogen-bond donors (Lipinski definition) is 2. The zero-order valence-corrected chi connectivity index (χ0v) is 30.9. The third-order valence-electron chi connectivity index (χ3n) is 10.7.